The standard InChI is InChI=1S/C24H28N6O2S/c1-16(29(5)33(32)24(2,3)4)20-11-12-25-23(28-20)17-9-10-18-14-26-30(21(18)13-17)22-8-6-7-19(15-31)27-22/h6-14,16,31H,15H2,1-5H3/t16-,33+/m0/s1. The first-order valence-electron chi connectivity index (χ1n) is 10.7. The summed E-state index contributed by atoms with van der Waals surface area (Å²) in [4.78, 5) is 13.7. The van der Waals surface area contributed by atoms with Crippen LogP contribution in [0.15, 0.2) is 54.9 Å². The molecule has 4 rings (SSSR count). The monoisotopic (exact) mass is 464 g/mol. The van der Waals surface area contributed by atoms with Gasteiger partial charge in [-0.1, -0.05) is 18.2 Å². The molecule has 0 radical (unpaired) electrons. The molecule has 0 unspecified atom stereocenters. The molecule has 4 aromatic rings. The van der Waals surface area contributed by atoms with Crippen molar-refractivity contribution >= 4 is 22.3 Å². The molecule has 8 nitrogen and oxygen atoms in total. The van der Waals surface area contributed by atoms with Crippen molar-refractivity contribution in [2.45, 2.75) is 45.1 Å². The highest BCUT2D eigenvalue weighted by Crippen LogP contribution is 2.29. The lowest BCUT2D eigenvalue weighted by molar-refractivity contribution is 0.276. The number of nitrogens with zero attached hydrogens (tertiary/aromatic N) is 6. The number of aliphatic hydroxyl groups excluding tert-OH is 1. The highest BCUT2D eigenvalue weighted by atomic mass is 32.2. The first-order chi connectivity index (χ1) is 15.7. The van der Waals surface area contributed by atoms with Gasteiger partial charge in [-0.25, -0.2) is 19.6 Å². The van der Waals surface area contributed by atoms with E-state index in [1.165, 1.54) is 0 Å². The smallest absolute Gasteiger partial charge is 0.159 e. The number of rotatable bonds is 6. The van der Waals surface area contributed by atoms with Crippen LogP contribution in [0.25, 0.3) is 28.1 Å². The fourth-order valence-corrected chi connectivity index (χ4v) is 4.78. The molecule has 0 aliphatic rings. The Labute approximate surface area is 196 Å². The number of hydrogen-bond donors (Lipinski definition) is 1. The van der Waals surface area contributed by atoms with Crippen LogP contribution in [-0.4, -0.2) is 50.5 Å². The van der Waals surface area contributed by atoms with Gasteiger partial charge in [-0.2, -0.15) is 5.10 Å². The maximum Gasteiger partial charge on any atom is 0.159 e. The third-order valence-electron chi connectivity index (χ3n) is 5.44. The Morgan fingerprint density at radius 2 is 1.94 bits per heavy atom. The van der Waals surface area contributed by atoms with Crippen molar-refractivity contribution in [1.29, 1.82) is 0 Å². The van der Waals surface area contributed by atoms with Gasteiger partial charge in [-0.3, -0.25) is 0 Å². The van der Waals surface area contributed by atoms with E-state index in [-0.39, 0.29) is 17.4 Å². The number of benzene rings is 1. The van der Waals surface area contributed by atoms with Crippen molar-refractivity contribution in [2.75, 3.05) is 7.05 Å². The molecule has 3 aromatic heterocycles. The Bertz CT molecular complexity index is 1270. The number of hydrogen-bond acceptors (Lipinski definition) is 7. The first kappa shape index (κ1) is 23.3. The highest BCUT2D eigenvalue weighted by molar-refractivity contribution is 7.90. The second-order valence-electron chi connectivity index (χ2n) is 8.86. The fourth-order valence-electron chi connectivity index (χ4n) is 3.52. The maximum atomic E-state index is 12.8. The van der Waals surface area contributed by atoms with Crippen LogP contribution >= 0.6 is 0 Å². The zero-order valence-corrected chi connectivity index (χ0v) is 20.2. The second kappa shape index (κ2) is 9.18. The van der Waals surface area contributed by atoms with E-state index in [1.54, 1.807) is 23.1 Å². The topological polar surface area (TPSA) is 103 Å². The van der Waals surface area contributed by atoms with Crippen LogP contribution in [0.2, 0.25) is 0 Å². The number of aliphatic hydroxyl groups is 1. The third-order valence-corrected chi connectivity index (χ3v) is 7.32. The van der Waals surface area contributed by atoms with E-state index in [1.807, 2.05) is 75.4 Å². The molecule has 0 spiro atoms. The lowest BCUT2D eigenvalue weighted by Crippen LogP contribution is -2.42. The molecule has 2 atom stereocenters. The predicted molar refractivity (Wildman–Crippen MR) is 130 cm³/mol. The zero-order valence-electron chi connectivity index (χ0n) is 19.4. The average Bonchev–Trinajstić information content (AvgIpc) is 3.25. The lowest BCUT2D eigenvalue weighted by Gasteiger charge is -2.33. The van der Waals surface area contributed by atoms with Crippen molar-refractivity contribution in [3.05, 3.63) is 66.2 Å². The first-order valence-corrected chi connectivity index (χ1v) is 11.8. The average molecular weight is 465 g/mol. The van der Waals surface area contributed by atoms with Gasteiger partial charge in [0.05, 0.1) is 35.8 Å². The molecule has 0 saturated heterocycles. The Hall–Kier alpha value is -2.85. The summed E-state index contributed by atoms with van der Waals surface area (Å²) < 4.78 is 16.1. The Morgan fingerprint density at radius 3 is 2.67 bits per heavy atom. The van der Waals surface area contributed by atoms with E-state index >= 15 is 0 Å². The maximum absolute atomic E-state index is 12.8. The predicted octanol–water partition coefficient (Wildman–Crippen LogP) is 3.82. The SMILES string of the molecule is C[C@@H](c1ccnc(-c2ccc3cnn(-c4cccc(CO)n4)c3c2)n1)N(C)[S@+]([O-])C(C)(C)C. The molecule has 0 fully saturated rings. The largest absolute Gasteiger partial charge is 0.597 e. The van der Waals surface area contributed by atoms with Gasteiger partial charge in [-0.15, -0.1) is 4.31 Å². The van der Waals surface area contributed by atoms with Gasteiger partial charge in [0.2, 0.25) is 0 Å². The molecule has 9 heteroatoms. The fraction of sp³-hybridized carbons (Fsp3) is 0.333. The molecule has 1 N–H and O–H groups in total. The van der Waals surface area contributed by atoms with E-state index in [0.717, 1.165) is 22.2 Å². The van der Waals surface area contributed by atoms with Crippen molar-refractivity contribution in [3.8, 4) is 17.2 Å². The minimum absolute atomic E-state index is 0.133. The van der Waals surface area contributed by atoms with Crippen LogP contribution in [0, 0.1) is 0 Å². The quantitative estimate of drug-likeness (QED) is 0.433. The van der Waals surface area contributed by atoms with E-state index < -0.39 is 11.4 Å². The van der Waals surface area contributed by atoms with Gasteiger partial charge >= 0.3 is 0 Å². The van der Waals surface area contributed by atoms with Gasteiger partial charge in [0.1, 0.15) is 4.75 Å². The lowest BCUT2D eigenvalue weighted by atomic mass is 10.1. The molecule has 172 valence electrons. The highest BCUT2D eigenvalue weighted by Gasteiger charge is 2.34. The summed E-state index contributed by atoms with van der Waals surface area (Å²) >= 11 is -1.17. The molecule has 0 bridgehead atoms. The van der Waals surface area contributed by atoms with E-state index in [9.17, 15) is 9.66 Å². The summed E-state index contributed by atoms with van der Waals surface area (Å²) in [5.41, 5.74) is 3.08. The van der Waals surface area contributed by atoms with Gasteiger partial charge in [0.25, 0.3) is 0 Å². The Balaban J connectivity index is 1.70. The zero-order chi connectivity index (χ0) is 23.8. The number of fused-ring (bicyclic) bond motifs is 1. The molecule has 1 aromatic carbocycles. The van der Waals surface area contributed by atoms with Crippen molar-refractivity contribution in [3.63, 3.8) is 0 Å². The van der Waals surface area contributed by atoms with Crippen LogP contribution in [0.5, 0.6) is 0 Å². The summed E-state index contributed by atoms with van der Waals surface area (Å²) in [6, 6.07) is 13.1. The van der Waals surface area contributed by atoms with Crippen molar-refractivity contribution in [1.82, 2.24) is 29.0 Å². The van der Waals surface area contributed by atoms with Crippen LogP contribution in [0.1, 0.15) is 45.1 Å². The molecule has 0 aliphatic heterocycles. The van der Waals surface area contributed by atoms with E-state index in [0.29, 0.717) is 17.3 Å². The Morgan fingerprint density at radius 1 is 1.15 bits per heavy atom. The van der Waals surface area contributed by atoms with Gasteiger partial charge in [0.15, 0.2) is 11.6 Å². The number of pyridine rings is 1. The van der Waals surface area contributed by atoms with Crippen LogP contribution < -0.4 is 0 Å². The number of aromatic nitrogens is 5. The van der Waals surface area contributed by atoms with Crippen LogP contribution in [0.3, 0.4) is 0 Å². The summed E-state index contributed by atoms with van der Waals surface area (Å²) in [5.74, 6) is 1.21. The minimum Gasteiger partial charge on any atom is -0.597 e. The normalized spacial score (nSPS) is 14.1. The van der Waals surface area contributed by atoms with Gasteiger partial charge in [0, 0.05) is 35.6 Å². The molecular weight excluding hydrogens is 436 g/mol. The van der Waals surface area contributed by atoms with Crippen LogP contribution in [-0.2, 0) is 18.0 Å². The van der Waals surface area contributed by atoms with Crippen molar-refractivity contribution in [2.24, 2.45) is 0 Å². The Kier molecular flexibility index (Phi) is 6.49. The van der Waals surface area contributed by atoms with E-state index in [2.05, 4.69) is 15.1 Å². The van der Waals surface area contributed by atoms with Crippen LogP contribution in [0.4, 0.5) is 0 Å². The van der Waals surface area contributed by atoms with E-state index in [4.69, 9.17) is 4.98 Å². The molecule has 0 amide bonds. The summed E-state index contributed by atoms with van der Waals surface area (Å²) in [7, 11) is 1.85. The summed E-state index contributed by atoms with van der Waals surface area (Å²) in [6.45, 7) is 7.74. The minimum atomic E-state index is -1.17. The summed E-state index contributed by atoms with van der Waals surface area (Å²) in [5, 5.41) is 14.9. The molecular formula is C24H28N6O2S. The molecule has 0 aliphatic carbocycles. The molecule has 3 heterocycles. The summed E-state index contributed by atoms with van der Waals surface area (Å²) in [6.07, 6.45) is 3.51. The molecule has 0 saturated carbocycles. The molecule has 33 heavy (non-hydrogen) atoms. The van der Waals surface area contributed by atoms with Crippen molar-refractivity contribution < 1.29 is 9.66 Å². The van der Waals surface area contributed by atoms with Gasteiger partial charge < -0.3 is 9.66 Å². The third kappa shape index (κ3) is 4.77. The second-order valence-corrected chi connectivity index (χ2v) is 11.2. The van der Waals surface area contributed by atoms with Gasteiger partial charge in [-0.05, 0) is 52.0 Å².